The number of nitrogens with two attached hydrogens (primary N) is 1. The molecule has 0 aliphatic carbocycles. The summed E-state index contributed by atoms with van der Waals surface area (Å²) >= 11 is 0. The molecule has 1 amide bonds. The zero-order valence-corrected chi connectivity index (χ0v) is 10.8. The molecule has 2 aromatic rings. The van der Waals surface area contributed by atoms with Gasteiger partial charge in [0.2, 0.25) is 0 Å². The number of nitrogen functional groups attached to an aromatic ring is 1. The van der Waals surface area contributed by atoms with Gasteiger partial charge in [-0.2, -0.15) is 0 Å². The smallest absolute Gasteiger partial charge is 0.293 e. The summed E-state index contributed by atoms with van der Waals surface area (Å²) < 4.78 is 18.7. The zero-order chi connectivity index (χ0) is 15.4. The maximum atomic E-state index is 13.7. The molecular weight excluding hydrogens is 281 g/mol. The summed E-state index contributed by atoms with van der Waals surface area (Å²) in [6, 6.07) is 5.20. The minimum absolute atomic E-state index is 0.188. The van der Waals surface area contributed by atoms with E-state index in [2.05, 4.69) is 5.32 Å². The van der Waals surface area contributed by atoms with Crippen LogP contribution in [0.4, 0.5) is 15.8 Å². The Balaban J connectivity index is 2.11. The van der Waals surface area contributed by atoms with Crippen molar-refractivity contribution in [1.29, 1.82) is 0 Å². The van der Waals surface area contributed by atoms with Crippen molar-refractivity contribution >= 4 is 17.3 Å². The number of hydrogen-bond donors (Lipinski definition) is 2. The van der Waals surface area contributed by atoms with Crippen molar-refractivity contribution in [2.75, 3.05) is 12.3 Å². The van der Waals surface area contributed by atoms with E-state index in [1.807, 2.05) is 0 Å². The van der Waals surface area contributed by atoms with Gasteiger partial charge in [0.05, 0.1) is 11.2 Å². The highest BCUT2D eigenvalue weighted by Gasteiger charge is 2.23. The van der Waals surface area contributed by atoms with E-state index in [-0.39, 0.29) is 6.54 Å². The Bertz CT molecular complexity index is 670. The lowest BCUT2D eigenvalue weighted by Crippen LogP contribution is -2.27. The summed E-state index contributed by atoms with van der Waals surface area (Å²) in [6.07, 6.45) is 1.91. The van der Waals surface area contributed by atoms with E-state index in [0.717, 1.165) is 12.1 Å². The van der Waals surface area contributed by atoms with Gasteiger partial charge in [-0.3, -0.25) is 14.9 Å². The molecule has 0 atom stereocenters. The number of benzene rings is 1. The first-order valence-corrected chi connectivity index (χ1v) is 6.03. The van der Waals surface area contributed by atoms with Gasteiger partial charge in [0.1, 0.15) is 22.8 Å². The number of anilines is 1. The number of carbonyl (C=O) groups is 1. The summed E-state index contributed by atoms with van der Waals surface area (Å²) in [4.78, 5) is 21.9. The normalized spacial score (nSPS) is 10.3. The molecule has 8 heteroatoms. The predicted octanol–water partition coefficient (Wildman–Crippen LogP) is 1.88. The van der Waals surface area contributed by atoms with Gasteiger partial charge in [0.25, 0.3) is 11.6 Å². The first-order chi connectivity index (χ1) is 10.0. The number of nitrogens with one attached hydrogen (secondary N) is 1. The van der Waals surface area contributed by atoms with Crippen molar-refractivity contribution < 1.29 is 18.5 Å². The Morgan fingerprint density at radius 2 is 2.19 bits per heavy atom. The molecule has 1 heterocycles. The fourth-order valence-electron chi connectivity index (χ4n) is 1.81. The second-order valence-electron chi connectivity index (χ2n) is 4.20. The van der Waals surface area contributed by atoms with Crippen LogP contribution in [0.15, 0.2) is 34.9 Å². The van der Waals surface area contributed by atoms with Crippen molar-refractivity contribution in [1.82, 2.24) is 5.32 Å². The SMILES string of the molecule is Nc1c([N+](=O)[O-])ccc(F)c1C(=O)NCCc1ccco1. The molecule has 0 unspecified atom stereocenters. The molecule has 2 rings (SSSR count). The molecule has 3 N–H and O–H groups in total. The molecule has 21 heavy (non-hydrogen) atoms. The van der Waals surface area contributed by atoms with Crippen molar-refractivity contribution in [3.05, 3.63) is 57.8 Å². The van der Waals surface area contributed by atoms with Crippen molar-refractivity contribution in [3.8, 4) is 0 Å². The molecule has 0 saturated carbocycles. The lowest BCUT2D eigenvalue weighted by Gasteiger charge is -2.08. The molecular formula is C13H12FN3O4. The van der Waals surface area contributed by atoms with Crippen LogP contribution in [0.5, 0.6) is 0 Å². The van der Waals surface area contributed by atoms with Gasteiger partial charge in [0, 0.05) is 19.0 Å². The summed E-state index contributed by atoms with van der Waals surface area (Å²) in [6.45, 7) is 0.188. The fraction of sp³-hybridized carbons (Fsp3) is 0.154. The molecule has 0 spiro atoms. The van der Waals surface area contributed by atoms with Crippen molar-refractivity contribution in [3.63, 3.8) is 0 Å². The van der Waals surface area contributed by atoms with Crippen LogP contribution in [0.3, 0.4) is 0 Å². The van der Waals surface area contributed by atoms with Crippen LogP contribution in [-0.2, 0) is 6.42 Å². The highest BCUT2D eigenvalue weighted by molar-refractivity contribution is 6.01. The van der Waals surface area contributed by atoms with Crippen LogP contribution in [0, 0.1) is 15.9 Å². The molecule has 0 aliphatic heterocycles. The van der Waals surface area contributed by atoms with Gasteiger partial charge >= 0.3 is 0 Å². The van der Waals surface area contributed by atoms with E-state index in [4.69, 9.17) is 10.2 Å². The predicted molar refractivity (Wildman–Crippen MR) is 72.2 cm³/mol. The molecule has 1 aromatic carbocycles. The summed E-state index contributed by atoms with van der Waals surface area (Å²) in [7, 11) is 0. The fourth-order valence-corrected chi connectivity index (χ4v) is 1.81. The van der Waals surface area contributed by atoms with Gasteiger partial charge in [-0.1, -0.05) is 0 Å². The first kappa shape index (κ1) is 14.5. The maximum absolute atomic E-state index is 13.7. The third-order valence-corrected chi connectivity index (χ3v) is 2.83. The molecule has 7 nitrogen and oxygen atoms in total. The van der Waals surface area contributed by atoms with E-state index in [9.17, 15) is 19.3 Å². The topological polar surface area (TPSA) is 111 Å². The highest BCUT2D eigenvalue weighted by Crippen LogP contribution is 2.27. The standard InChI is InChI=1S/C13H12FN3O4/c14-9-3-4-10(17(19)20)12(15)11(9)13(18)16-6-5-8-2-1-7-21-8/h1-4,7H,5-6,15H2,(H,16,18). The molecule has 0 saturated heterocycles. The van der Waals surface area contributed by atoms with E-state index in [1.54, 1.807) is 12.1 Å². The molecule has 0 aliphatic rings. The van der Waals surface area contributed by atoms with Gasteiger partial charge in [-0.05, 0) is 18.2 Å². The average Bonchev–Trinajstić information content (AvgIpc) is 2.91. The van der Waals surface area contributed by atoms with Gasteiger partial charge in [-0.25, -0.2) is 4.39 Å². The molecule has 0 fully saturated rings. The van der Waals surface area contributed by atoms with E-state index < -0.39 is 33.6 Å². The third-order valence-electron chi connectivity index (χ3n) is 2.83. The number of amides is 1. The number of halogens is 1. The number of nitro benzene ring substituents is 1. The van der Waals surface area contributed by atoms with Crippen LogP contribution in [0.2, 0.25) is 0 Å². The molecule has 0 radical (unpaired) electrons. The highest BCUT2D eigenvalue weighted by atomic mass is 19.1. The minimum atomic E-state index is -0.909. The molecule has 1 aromatic heterocycles. The van der Waals surface area contributed by atoms with Gasteiger partial charge in [0.15, 0.2) is 0 Å². The van der Waals surface area contributed by atoms with Crippen LogP contribution in [0.25, 0.3) is 0 Å². The largest absolute Gasteiger partial charge is 0.469 e. The zero-order valence-electron chi connectivity index (χ0n) is 10.8. The number of rotatable bonds is 5. The monoisotopic (exact) mass is 293 g/mol. The maximum Gasteiger partial charge on any atom is 0.293 e. The molecule has 0 bridgehead atoms. The molecule has 110 valence electrons. The van der Waals surface area contributed by atoms with Crippen LogP contribution in [0.1, 0.15) is 16.1 Å². The van der Waals surface area contributed by atoms with E-state index in [1.165, 1.54) is 6.26 Å². The van der Waals surface area contributed by atoms with Gasteiger partial charge < -0.3 is 15.5 Å². The lowest BCUT2D eigenvalue weighted by atomic mass is 10.1. The Labute approximate surface area is 118 Å². The Morgan fingerprint density at radius 3 is 2.81 bits per heavy atom. The average molecular weight is 293 g/mol. The van der Waals surface area contributed by atoms with Crippen LogP contribution in [-0.4, -0.2) is 17.4 Å². The Morgan fingerprint density at radius 1 is 1.43 bits per heavy atom. The number of nitro groups is 1. The number of furan rings is 1. The number of hydrogen-bond acceptors (Lipinski definition) is 5. The quantitative estimate of drug-likeness (QED) is 0.496. The lowest BCUT2D eigenvalue weighted by molar-refractivity contribution is -0.384. The minimum Gasteiger partial charge on any atom is -0.469 e. The summed E-state index contributed by atoms with van der Waals surface area (Å²) in [5.41, 5.74) is 3.97. The first-order valence-electron chi connectivity index (χ1n) is 6.03. The summed E-state index contributed by atoms with van der Waals surface area (Å²) in [5.74, 6) is -1.06. The van der Waals surface area contributed by atoms with Crippen molar-refractivity contribution in [2.45, 2.75) is 6.42 Å². The number of carbonyl (C=O) groups excluding carboxylic acids is 1. The second-order valence-corrected chi connectivity index (χ2v) is 4.20. The van der Waals surface area contributed by atoms with E-state index in [0.29, 0.717) is 12.2 Å². The number of nitrogens with zero attached hydrogens (tertiary/aromatic N) is 1. The Hall–Kier alpha value is -2.90. The Kier molecular flexibility index (Phi) is 4.17. The van der Waals surface area contributed by atoms with E-state index >= 15 is 0 Å². The van der Waals surface area contributed by atoms with Gasteiger partial charge in [-0.15, -0.1) is 0 Å². The second kappa shape index (κ2) is 6.04. The third kappa shape index (κ3) is 3.16. The van der Waals surface area contributed by atoms with Crippen LogP contribution < -0.4 is 11.1 Å². The van der Waals surface area contributed by atoms with Crippen LogP contribution >= 0.6 is 0 Å². The summed E-state index contributed by atoms with van der Waals surface area (Å²) in [5, 5.41) is 13.2. The van der Waals surface area contributed by atoms with Crippen molar-refractivity contribution in [2.24, 2.45) is 0 Å².